The molecular formula is C23H25Cl2N5O2. The maximum absolute atomic E-state index is 13.2. The Bertz CT molecular complexity index is 1110. The molecule has 1 heterocycles. The van der Waals surface area contributed by atoms with Crippen LogP contribution in [-0.2, 0) is 13.0 Å². The molecule has 0 N–H and O–H groups in total. The van der Waals surface area contributed by atoms with Gasteiger partial charge in [-0.15, -0.1) is 5.10 Å². The molecule has 0 spiro atoms. The van der Waals surface area contributed by atoms with Crippen molar-refractivity contribution >= 4 is 35.0 Å². The number of aryl methyl sites for hydroxylation is 1. The minimum absolute atomic E-state index is 0.0694. The van der Waals surface area contributed by atoms with Crippen molar-refractivity contribution in [2.75, 3.05) is 20.6 Å². The van der Waals surface area contributed by atoms with Crippen LogP contribution in [0.25, 0.3) is 5.69 Å². The first-order valence-electron chi connectivity index (χ1n) is 10.3. The molecule has 0 bridgehead atoms. The molecule has 2 amide bonds. The lowest BCUT2D eigenvalue weighted by atomic mass is 10.1. The van der Waals surface area contributed by atoms with Crippen LogP contribution >= 0.6 is 23.2 Å². The number of rotatable bonds is 7. The Kier molecular flexibility index (Phi) is 7.53. The van der Waals surface area contributed by atoms with Crippen molar-refractivity contribution in [3.63, 3.8) is 0 Å². The van der Waals surface area contributed by atoms with Crippen LogP contribution in [0.1, 0.15) is 46.2 Å². The third-order valence-electron chi connectivity index (χ3n) is 4.98. The van der Waals surface area contributed by atoms with E-state index in [9.17, 15) is 9.59 Å². The Morgan fingerprint density at radius 2 is 1.59 bits per heavy atom. The van der Waals surface area contributed by atoms with Gasteiger partial charge in [0.15, 0.2) is 0 Å². The van der Waals surface area contributed by atoms with Crippen LogP contribution in [0.2, 0.25) is 10.0 Å². The fraction of sp³-hybridized carbons (Fsp3) is 0.304. The second-order valence-electron chi connectivity index (χ2n) is 7.40. The summed E-state index contributed by atoms with van der Waals surface area (Å²) in [7, 11) is 3.42. The van der Waals surface area contributed by atoms with Crippen molar-refractivity contribution in [1.29, 1.82) is 0 Å². The van der Waals surface area contributed by atoms with E-state index in [0.717, 1.165) is 5.56 Å². The standard InChI is InChI=1S/C23H25Cl2N5O2/c1-5-19-26-21(27-30(19)20-17(24)8-7-9-18(20)25)23(32)29(6-2)14-15-10-12-16(13-11-15)22(31)28(3)4/h7-13H,5-6,14H2,1-4H3. The van der Waals surface area contributed by atoms with Crippen LogP contribution in [0.5, 0.6) is 0 Å². The molecule has 0 radical (unpaired) electrons. The maximum atomic E-state index is 13.2. The second-order valence-corrected chi connectivity index (χ2v) is 8.22. The van der Waals surface area contributed by atoms with E-state index in [0.29, 0.717) is 46.6 Å². The minimum Gasteiger partial charge on any atom is -0.345 e. The molecule has 168 valence electrons. The second kappa shape index (κ2) is 10.1. The first-order valence-corrected chi connectivity index (χ1v) is 11.0. The van der Waals surface area contributed by atoms with E-state index in [1.54, 1.807) is 49.3 Å². The normalized spacial score (nSPS) is 10.8. The van der Waals surface area contributed by atoms with E-state index in [1.807, 2.05) is 26.0 Å². The Morgan fingerprint density at radius 3 is 2.12 bits per heavy atom. The van der Waals surface area contributed by atoms with Gasteiger partial charge < -0.3 is 9.80 Å². The quantitative estimate of drug-likeness (QED) is 0.506. The molecule has 0 aliphatic carbocycles. The largest absolute Gasteiger partial charge is 0.345 e. The summed E-state index contributed by atoms with van der Waals surface area (Å²) in [4.78, 5) is 32.9. The highest BCUT2D eigenvalue weighted by molar-refractivity contribution is 6.37. The molecule has 0 atom stereocenters. The van der Waals surface area contributed by atoms with Gasteiger partial charge in [0.05, 0.1) is 10.0 Å². The molecule has 0 aliphatic heterocycles. The summed E-state index contributed by atoms with van der Waals surface area (Å²) in [6.07, 6.45) is 0.551. The van der Waals surface area contributed by atoms with E-state index in [4.69, 9.17) is 23.2 Å². The van der Waals surface area contributed by atoms with Crippen LogP contribution in [-0.4, -0.2) is 57.0 Å². The summed E-state index contributed by atoms with van der Waals surface area (Å²) in [5, 5.41) is 5.29. The summed E-state index contributed by atoms with van der Waals surface area (Å²) >= 11 is 12.7. The molecule has 9 heteroatoms. The zero-order chi connectivity index (χ0) is 23.4. The van der Waals surface area contributed by atoms with Gasteiger partial charge in [-0.05, 0) is 36.8 Å². The Balaban J connectivity index is 1.86. The first kappa shape index (κ1) is 23.8. The fourth-order valence-corrected chi connectivity index (χ4v) is 3.79. The lowest BCUT2D eigenvalue weighted by molar-refractivity contribution is 0.0739. The molecule has 0 aliphatic rings. The highest BCUT2D eigenvalue weighted by atomic mass is 35.5. The molecule has 3 rings (SSSR count). The number of hydrogen-bond donors (Lipinski definition) is 0. The van der Waals surface area contributed by atoms with Gasteiger partial charge in [-0.1, -0.05) is 48.3 Å². The summed E-state index contributed by atoms with van der Waals surface area (Å²) in [5.74, 6) is 0.308. The molecule has 2 aromatic carbocycles. The van der Waals surface area contributed by atoms with Crippen LogP contribution in [0.3, 0.4) is 0 Å². The number of benzene rings is 2. The van der Waals surface area contributed by atoms with Crippen LogP contribution in [0.15, 0.2) is 42.5 Å². The van der Waals surface area contributed by atoms with Crippen LogP contribution < -0.4 is 0 Å². The highest BCUT2D eigenvalue weighted by Gasteiger charge is 2.23. The monoisotopic (exact) mass is 473 g/mol. The molecule has 1 aromatic heterocycles. The lowest BCUT2D eigenvalue weighted by Crippen LogP contribution is -2.31. The van der Waals surface area contributed by atoms with Gasteiger partial charge in [0, 0.05) is 39.2 Å². The van der Waals surface area contributed by atoms with Crippen molar-refractivity contribution in [2.24, 2.45) is 0 Å². The third-order valence-corrected chi connectivity index (χ3v) is 5.59. The van der Waals surface area contributed by atoms with Crippen molar-refractivity contribution < 1.29 is 9.59 Å². The van der Waals surface area contributed by atoms with Crippen LogP contribution in [0.4, 0.5) is 0 Å². The van der Waals surface area contributed by atoms with Gasteiger partial charge in [-0.2, -0.15) is 0 Å². The SMILES string of the molecule is CCc1nc(C(=O)N(CC)Cc2ccc(C(=O)N(C)C)cc2)nn1-c1c(Cl)cccc1Cl. The summed E-state index contributed by atoms with van der Waals surface area (Å²) in [6, 6.07) is 12.4. The average molecular weight is 474 g/mol. The molecule has 32 heavy (non-hydrogen) atoms. The summed E-state index contributed by atoms with van der Waals surface area (Å²) in [6.45, 7) is 4.66. The number of halogens is 2. The smallest absolute Gasteiger partial charge is 0.293 e. The zero-order valence-corrected chi connectivity index (χ0v) is 20.0. The molecule has 7 nitrogen and oxygen atoms in total. The lowest BCUT2D eigenvalue weighted by Gasteiger charge is -2.19. The predicted octanol–water partition coefficient (Wildman–Crippen LogP) is 4.50. The van der Waals surface area contributed by atoms with Gasteiger partial charge in [-0.3, -0.25) is 9.59 Å². The summed E-state index contributed by atoms with van der Waals surface area (Å²) < 4.78 is 1.54. The van der Waals surface area contributed by atoms with E-state index < -0.39 is 0 Å². The maximum Gasteiger partial charge on any atom is 0.293 e. The highest BCUT2D eigenvalue weighted by Crippen LogP contribution is 2.29. The Hall–Kier alpha value is -2.90. The van der Waals surface area contributed by atoms with Crippen molar-refractivity contribution in [1.82, 2.24) is 24.6 Å². The third kappa shape index (κ3) is 4.95. The molecule has 0 fully saturated rings. The molecule has 0 unspecified atom stereocenters. The average Bonchev–Trinajstić information content (AvgIpc) is 3.20. The number of amides is 2. The molecule has 0 saturated heterocycles. The van der Waals surface area contributed by atoms with E-state index >= 15 is 0 Å². The molecular weight excluding hydrogens is 449 g/mol. The van der Waals surface area contributed by atoms with E-state index in [-0.39, 0.29) is 17.6 Å². The molecule has 3 aromatic rings. The Morgan fingerprint density at radius 1 is 0.969 bits per heavy atom. The minimum atomic E-state index is -0.294. The van der Waals surface area contributed by atoms with Gasteiger partial charge >= 0.3 is 0 Å². The predicted molar refractivity (Wildman–Crippen MR) is 126 cm³/mol. The van der Waals surface area contributed by atoms with Crippen LogP contribution in [0, 0.1) is 0 Å². The van der Waals surface area contributed by atoms with Gasteiger partial charge in [0.2, 0.25) is 5.82 Å². The van der Waals surface area contributed by atoms with Gasteiger partial charge in [0.25, 0.3) is 11.8 Å². The number of carbonyl (C=O) groups is 2. The number of carbonyl (C=O) groups excluding carboxylic acids is 2. The number of hydrogen-bond acceptors (Lipinski definition) is 4. The first-order chi connectivity index (χ1) is 15.3. The van der Waals surface area contributed by atoms with E-state index in [1.165, 1.54) is 9.58 Å². The number of aromatic nitrogens is 3. The zero-order valence-electron chi connectivity index (χ0n) is 18.5. The number of para-hydroxylation sites is 1. The summed E-state index contributed by atoms with van der Waals surface area (Å²) in [5.41, 5.74) is 2.00. The Labute approximate surface area is 197 Å². The van der Waals surface area contributed by atoms with Crippen molar-refractivity contribution in [3.05, 3.63) is 75.3 Å². The molecule has 0 saturated carbocycles. The topological polar surface area (TPSA) is 71.3 Å². The van der Waals surface area contributed by atoms with Crippen molar-refractivity contribution in [2.45, 2.75) is 26.8 Å². The fourth-order valence-electron chi connectivity index (χ4n) is 3.23. The number of nitrogens with zero attached hydrogens (tertiary/aromatic N) is 5. The van der Waals surface area contributed by atoms with Crippen molar-refractivity contribution in [3.8, 4) is 5.69 Å². The van der Waals surface area contributed by atoms with E-state index in [2.05, 4.69) is 10.1 Å². The van der Waals surface area contributed by atoms with Gasteiger partial charge in [-0.25, -0.2) is 9.67 Å². The van der Waals surface area contributed by atoms with Gasteiger partial charge in [0.1, 0.15) is 11.5 Å².